The minimum Gasteiger partial charge on any atom is -0.507 e. The molecule has 2 aromatic rings. The molecule has 2 aliphatic rings. The number of hydrogen-bond acceptors (Lipinski definition) is 8. The van der Waals surface area contributed by atoms with E-state index >= 15 is 0 Å². The van der Waals surface area contributed by atoms with Crippen LogP contribution in [0.2, 0.25) is 0 Å². The first-order valence-corrected chi connectivity index (χ1v) is 9.69. The van der Waals surface area contributed by atoms with Crippen molar-refractivity contribution < 1.29 is 9.84 Å². The molecular formula is C21H26N6O3. The lowest BCUT2D eigenvalue weighted by Crippen LogP contribution is -2.71. The number of nitrogens with zero attached hydrogens (tertiary/aromatic N) is 2. The van der Waals surface area contributed by atoms with Gasteiger partial charge in [0, 0.05) is 48.8 Å². The molecule has 9 nitrogen and oxygen atoms in total. The van der Waals surface area contributed by atoms with Crippen LogP contribution in [0.15, 0.2) is 65.0 Å². The van der Waals surface area contributed by atoms with Crippen molar-refractivity contribution in [3.8, 4) is 5.75 Å². The zero-order valence-electron chi connectivity index (χ0n) is 16.5. The number of piperazine rings is 1. The Balaban J connectivity index is 1.62. The maximum Gasteiger partial charge on any atom is 0.249 e. The van der Waals surface area contributed by atoms with Crippen LogP contribution in [0.25, 0.3) is 5.70 Å². The first-order chi connectivity index (χ1) is 14.4. The smallest absolute Gasteiger partial charge is 0.249 e. The van der Waals surface area contributed by atoms with E-state index in [0.717, 1.165) is 5.69 Å². The van der Waals surface area contributed by atoms with Crippen molar-refractivity contribution in [1.29, 1.82) is 0 Å². The number of para-hydroxylation sites is 1. The average molecular weight is 410 g/mol. The van der Waals surface area contributed by atoms with Gasteiger partial charge in [-0.1, -0.05) is 12.1 Å². The van der Waals surface area contributed by atoms with E-state index in [1.807, 2.05) is 6.07 Å². The van der Waals surface area contributed by atoms with Crippen LogP contribution in [0, 0.1) is 0 Å². The number of H-pyrrole nitrogens is 1. The summed E-state index contributed by atoms with van der Waals surface area (Å²) in [4.78, 5) is 18.7. The number of aromatic amines is 1. The average Bonchev–Trinajstić information content (AvgIpc) is 2.70. The molecule has 0 atom stereocenters. The summed E-state index contributed by atoms with van der Waals surface area (Å²) in [5, 5.41) is 10.1. The molecule has 0 saturated carbocycles. The molecule has 158 valence electrons. The molecule has 0 bridgehead atoms. The highest BCUT2D eigenvalue weighted by atomic mass is 16.5. The standard InChI is InChI=1S/C21H26N6O3/c22-16(15-3-1-2-4-18(15)28)10-17(20(23)24)26-7-8-27(21(11-26)12-30-13-21)14-5-6-25-19(29)9-14/h1-6,9-10,28H,7-8,11-13,22-24H2,(H,25,29)/b16-10-. The van der Waals surface area contributed by atoms with Crippen molar-refractivity contribution in [2.24, 2.45) is 17.2 Å². The van der Waals surface area contributed by atoms with Gasteiger partial charge >= 0.3 is 0 Å². The quantitative estimate of drug-likeness (QED) is 0.445. The van der Waals surface area contributed by atoms with Crippen molar-refractivity contribution in [2.75, 3.05) is 37.7 Å². The van der Waals surface area contributed by atoms with Crippen LogP contribution in [0.4, 0.5) is 5.69 Å². The van der Waals surface area contributed by atoms with Crippen LogP contribution < -0.4 is 27.7 Å². The number of aromatic nitrogens is 1. The molecule has 8 N–H and O–H groups in total. The number of aromatic hydroxyl groups is 1. The molecule has 2 saturated heterocycles. The summed E-state index contributed by atoms with van der Waals surface area (Å²) in [5.41, 5.74) is 20.2. The van der Waals surface area contributed by atoms with Gasteiger partial charge in [-0.15, -0.1) is 0 Å². The number of anilines is 1. The van der Waals surface area contributed by atoms with Crippen LogP contribution in [-0.2, 0) is 4.74 Å². The number of phenols is 1. The number of nitrogens with one attached hydrogen (secondary N) is 1. The maximum atomic E-state index is 11.8. The van der Waals surface area contributed by atoms with Crippen LogP contribution in [0.5, 0.6) is 5.75 Å². The number of rotatable bonds is 4. The van der Waals surface area contributed by atoms with E-state index in [9.17, 15) is 9.90 Å². The fraction of sp³-hybridized carbons (Fsp3) is 0.286. The number of pyridine rings is 1. The van der Waals surface area contributed by atoms with Crippen LogP contribution in [0.1, 0.15) is 5.56 Å². The fourth-order valence-corrected chi connectivity index (χ4v) is 4.07. The van der Waals surface area contributed by atoms with E-state index < -0.39 is 0 Å². The van der Waals surface area contributed by atoms with Gasteiger partial charge < -0.3 is 41.8 Å². The number of hydrogen-bond donors (Lipinski definition) is 5. The molecule has 1 aromatic heterocycles. The first-order valence-electron chi connectivity index (χ1n) is 9.69. The lowest BCUT2D eigenvalue weighted by Gasteiger charge is -2.56. The Bertz CT molecular complexity index is 1050. The third kappa shape index (κ3) is 3.55. The maximum absolute atomic E-state index is 11.8. The Morgan fingerprint density at radius 1 is 1.17 bits per heavy atom. The second-order valence-electron chi connectivity index (χ2n) is 7.66. The van der Waals surface area contributed by atoms with Crippen molar-refractivity contribution in [3.05, 3.63) is 76.1 Å². The second kappa shape index (κ2) is 7.68. The number of allylic oxidation sites excluding steroid dienone is 1. The minimum atomic E-state index is -0.287. The van der Waals surface area contributed by atoms with Crippen LogP contribution in [-0.4, -0.2) is 53.4 Å². The summed E-state index contributed by atoms with van der Waals surface area (Å²) >= 11 is 0. The molecule has 1 spiro atoms. The molecule has 4 rings (SSSR count). The third-order valence-electron chi connectivity index (χ3n) is 5.61. The molecule has 3 heterocycles. The van der Waals surface area contributed by atoms with Crippen LogP contribution >= 0.6 is 0 Å². The number of nitrogens with two attached hydrogens (primary N) is 3. The van der Waals surface area contributed by atoms with E-state index in [1.165, 1.54) is 0 Å². The van der Waals surface area contributed by atoms with Gasteiger partial charge in [-0.2, -0.15) is 0 Å². The van der Waals surface area contributed by atoms with Gasteiger partial charge in [0.1, 0.15) is 17.1 Å². The molecule has 1 aromatic carbocycles. The molecule has 9 heteroatoms. The van der Waals surface area contributed by atoms with Crippen molar-refractivity contribution >= 4 is 11.4 Å². The van der Waals surface area contributed by atoms with Crippen molar-refractivity contribution in [1.82, 2.24) is 9.88 Å². The van der Waals surface area contributed by atoms with Gasteiger partial charge in [0.15, 0.2) is 0 Å². The van der Waals surface area contributed by atoms with Crippen molar-refractivity contribution in [2.45, 2.75) is 5.54 Å². The van der Waals surface area contributed by atoms with E-state index in [4.69, 9.17) is 21.9 Å². The van der Waals surface area contributed by atoms with Crippen LogP contribution in [0.3, 0.4) is 0 Å². The van der Waals surface area contributed by atoms with Gasteiger partial charge in [0.25, 0.3) is 0 Å². The van der Waals surface area contributed by atoms with Gasteiger partial charge in [0.2, 0.25) is 5.56 Å². The normalized spacial score (nSPS) is 18.2. The largest absolute Gasteiger partial charge is 0.507 e. The summed E-state index contributed by atoms with van der Waals surface area (Å²) in [6.07, 6.45) is 3.34. The lowest BCUT2D eigenvalue weighted by molar-refractivity contribution is -0.0774. The Kier molecular flexibility index (Phi) is 5.04. The predicted molar refractivity (Wildman–Crippen MR) is 115 cm³/mol. The Labute approximate surface area is 174 Å². The molecule has 30 heavy (non-hydrogen) atoms. The number of phenolic OH excluding ortho intramolecular Hbond substituents is 1. The molecule has 0 aliphatic carbocycles. The third-order valence-corrected chi connectivity index (χ3v) is 5.61. The summed E-state index contributed by atoms with van der Waals surface area (Å²) in [6.45, 7) is 2.97. The lowest BCUT2D eigenvalue weighted by atomic mass is 9.90. The molecule has 0 unspecified atom stereocenters. The summed E-state index contributed by atoms with van der Waals surface area (Å²) in [6, 6.07) is 10.3. The highest BCUT2D eigenvalue weighted by Crippen LogP contribution is 2.35. The summed E-state index contributed by atoms with van der Waals surface area (Å²) < 4.78 is 5.55. The Hall–Kier alpha value is -3.59. The predicted octanol–water partition coefficient (Wildman–Crippen LogP) is 0.0578. The van der Waals surface area contributed by atoms with Gasteiger partial charge in [-0.05, 0) is 24.3 Å². The molecule has 0 radical (unpaired) electrons. The van der Waals surface area contributed by atoms with E-state index in [-0.39, 0.29) is 22.7 Å². The SMILES string of the molecule is NC(N)=C(/C=C(\N)c1ccccc1O)N1CCN(c2cc[nH]c(=O)c2)C2(COC2)C1. The van der Waals surface area contributed by atoms with Crippen molar-refractivity contribution in [3.63, 3.8) is 0 Å². The number of benzene rings is 1. The molecule has 0 amide bonds. The topological polar surface area (TPSA) is 147 Å². The van der Waals surface area contributed by atoms with E-state index in [1.54, 1.807) is 42.6 Å². The minimum absolute atomic E-state index is 0.0872. The summed E-state index contributed by atoms with van der Waals surface area (Å²) in [7, 11) is 0. The first kappa shape index (κ1) is 19.7. The highest BCUT2D eigenvalue weighted by Gasteiger charge is 2.48. The molecule has 2 fully saturated rings. The monoisotopic (exact) mass is 410 g/mol. The van der Waals surface area contributed by atoms with E-state index in [2.05, 4.69) is 14.8 Å². The Morgan fingerprint density at radius 3 is 2.57 bits per heavy atom. The fourth-order valence-electron chi connectivity index (χ4n) is 4.07. The van der Waals surface area contributed by atoms with Gasteiger partial charge in [-0.3, -0.25) is 4.79 Å². The number of ether oxygens (including phenoxy) is 1. The van der Waals surface area contributed by atoms with Gasteiger partial charge in [-0.25, -0.2) is 0 Å². The zero-order valence-corrected chi connectivity index (χ0v) is 16.5. The van der Waals surface area contributed by atoms with Gasteiger partial charge in [0.05, 0.1) is 18.9 Å². The highest BCUT2D eigenvalue weighted by molar-refractivity contribution is 5.70. The molecule has 2 aliphatic heterocycles. The van der Waals surface area contributed by atoms with E-state index in [0.29, 0.717) is 49.8 Å². The molecular weight excluding hydrogens is 384 g/mol. The summed E-state index contributed by atoms with van der Waals surface area (Å²) in [5.74, 6) is 0.234. The second-order valence-corrected chi connectivity index (χ2v) is 7.66. The zero-order chi connectivity index (χ0) is 21.3. The Morgan fingerprint density at radius 2 is 1.93 bits per heavy atom.